The van der Waals surface area contributed by atoms with Crippen LogP contribution in [-0.4, -0.2) is 61.3 Å². The standard InChI is InChI=1S/C30H45N3O7/c1-9-11-12-23(28(36)38-8)31-26(34)24(18-20(3)4)32-27(35)25(33-29(37)40-30(5,6)7)19-21-13-15-22(16-14-21)39-17-10-2/h9-10,13-16,20,23-25H,1-2,11-12,17-19H2,3-8H3,(H,31,34)(H,32,35)(H,33,37)/t23-,24-,25-/m0/s1. The molecular weight excluding hydrogens is 514 g/mol. The van der Waals surface area contributed by atoms with Crippen molar-refractivity contribution in [3.8, 4) is 5.75 Å². The van der Waals surface area contributed by atoms with E-state index in [1.54, 1.807) is 57.2 Å². The summed E-state index contributed by atoms with van der Waals surface area (Å²) in [4.78, 5) is 51.6. The minimum Gasteiger partial charge on any atom is -0.490 e. The van der Waals surface area contributed by atoms with Crippen LogP contribution in [0.3, 0.4) is 0 Å². The minimum absolute atomic E-state index is 0.0428. The summed E-state index contributed by atoms with van der Waals surface area (Å²) >= 11 is 0. The van der Waals surface area contributed by atoms with Crippen LogP contribution in [0.4, 0.5) is 4.79 Å². The monoisotopic (exact) mass is 559 g/mol. The maximum absolute atomic E-state index is 13.5. The largest absolute Gasteiger partial charge is 0.490 e. The molecule has 0 unspecified atom stereocenters. The Morgan fingerprint density at radius 1 is 0.900 bits per heavy atom. The Morgan fingerprint density at radius 2 is 1.50 bits per heavy atom. The first-order chi connectivity index (χ1) is 18.8. The highest BCUT2D eigenvalue weighted by Crippen LogP contribution is 2.15. The van der Waals surface area contributed by atoms with Gasteiger partial charge in [0.1, 0.15) is 36.1 Å². The fraction of sp³-hybridized carbons (Fsp3) is 0.533. The van der Waals surface area contributed by atoms with Crippen molar-refractivity contribution in [3.63, 3.8) is 0 Å². The highest BCUT2D eigenvalue weighted by molar-refractivity contribution is 5.93. The number of benzene rings is 1. The van der Waals surface area contributed by atoms with Crippen molar-refractivity contribution in [3.05, 3.63) is 55.1 Å². The SMILES string of the molecule is C=CCC[C@H](NC(=O)[C@H](CC(C)C)NC(=O)[C@H](Cc1ccc(OCC=C)cc1)NC(=O)OC(C)(C)C)C(=O)OC. The average molecular weight is 560 g/mol. The number of allylic oxidation sites excluding steroid dienone is 1. The van der Waals surface area contributed by atoms with Crippen molar-refractivity contribution in [1.82, 2.24) is 16.0 Å². The third-order valence-corrected chi connectivity index (χ3v) is 5.54. The van der Waals surface area contributed by atoms with Gasteiger partial charge in [0.2, 0.25) is 11.8 Å². The first kappa shape index (κ1) is 34.2. The summed E-state index contributed by atoms with van der Waals surface area (Å²) in [6.07, 6.45) is 3.74. The molecule has 3 atom stereocenters. The van der Waals surface area contributed by atoms with Gasteiger partial charge in [0.25, 0.3) is 0 Å². The van der Waals surface area contributed by atoms with E-state index < -0.39 is 47.6 Å². The number of methoxy groups -OCH3 is 1. The molecule has 0 aliphatic heterocycles. The van der Waals surface area contributed by atoms with E-state index in [1.165, 1.54) is 7.11 Å². The Balaban J connectivity index is 3.16. The summed E-state index contributed by atoms with van der Waals surface area (Å²) < 4.78 is 15.7. The molecule has 0 aliphatic rings. The van der Waals surface area contributed by atoms with Crippen molar-refractivity contribution in [2.75, 3.05) is 13.7 Å². The molecule has 0 spiro atoms. The van der Waals surface area contributed by atoms with E-state index in [-0.39, 0.29) is 12.3 Å². The highest BCUT2D eigenvalue weighted by atomic mass is 16.6. The summed E-state index contributed by atoms with van der Waals surface area (Å²) in [6, 6.07) is 4.19. The average Bonchev–Trinajstić information content (AvgIpc) is 2.87. The van der Waals surface area contributed by atoms with E-state index >= 15 is 0 Å². The maximum atomic E-state index is 13.5. The number of ether oxygens (including phenoxy) is 3. The topological polar surface area (TPSA) is 132 Å². The normalized spacial score (nSPS) is 13.3. The molecule has 10 nitrogen and oxygen atoms in total. The van der Waals surface area contributed by atoms with Crippen molar-refractivity contribution < 1.29 is 33.4 Å². The van der Waals surface area contributed by atoms with E-state index in [9.17, 15) is 19.2 Å². The van der Waals surface area contributed by atoms with Gasteiger partial charge >= 0.3 is 12.1 Å². The molecule has 0 radical (unpaired) electrons. The number of hydrogen-bond acceptors (Lipinski definition) is 7. The van der Waals surface area contributed by atoms with Crippen molar-refractivity contribution in [2.24, 2.45) is 5.92 Å². The number of carbonyl (C=O) groups is 4. The van der Waals surface area contributed by atoms with Crippen molar-refractivity contribution in [1.29, 1.82) is 0 Å². The number of nitrogens with one attached hydrogen (secondary N) is 3. The number of amides is 3. The Morgan fingerprint density at radius 3 is 2.02 bits per heavy atom. The number of hydrogen-bond donors (Lipinski definition) is 3. The van der Waals surface area contributed by atoms with Gasteiger partial charge in [-0.15, -0.1) is 6.58 Å². The predicted molar refractivity (Wildman–Crippen MR) is 154 cm³/mol. The fourth-order valence-corrected chi connectivity index (χ4v) is 3.69. The summed E-state index contributed by atoms with van der Waals surface area (Å²) in [5.41, 5.74) is -0.0221. The predicted octanol–water partition coefficient (Wildman–Crippen LogP) is 3.84. The third kappa shape index (κ3) is 13.3. The van der Waals surface area contributed by atoms with Gasteiger partial charge in [0.05, 0.1) is 7.11 Å². The van der Waals surface area contributed by atoms with Crippen LogP contribution in [-0.2, 0) is 30.3 Å². The van der Waals surface area contributed by atoms with E-state index in [1.807, 2.05) is 13.8 Å². The van der Waals surface area contributed by atoms with Gasteiger partial charge in [0, 0.05) is 6.42 Å². The van der Waals surface area contributed by atoms with Gasteiger partial charge in [-0.25, -0.2) is 9.59 Å². The van der Waals surface area contributed by atoms with Gasteiger partial charge < -0.3 is 30.2 Å². The van der Waals surface area contributed by atoms with Crippen LogP contribution in [0.25, 0.3) is 0 Å². The van der Waals surface area contributed by atoms with Gasteiger partial charge in [-0.05, 0) is 63.6 Å². The Hall–Kier alpha value is -3.82. The van der Waals surface area contributed by atoms with E-state index in [2.05, 4.69) is 29.1 Å². The van der Waals surface area contributed by atoms with E-state index in [4.69, 9.17) is 14.2 Å². The first-order valence-corrected chi connectivity index (χ1v) is 13.4. The fourth-order valence-electron chi connectivity index (χ4n) is 3.69. The van der Waals surface area contributed by atoms with Crippen LogP contribution in [0.1, 0.15) is 59.4 Å². The molecule has 40 heavy (non-hydrogen) atoms. The second kappa shape index (κ2) is 17.0. The Labute approximate surface area is 237 Å². The number of alkyl carbamates (subject to hydrolysis) is 1. The molecule has 0 saturated heterocycles. The summed E-state index contributed by atoms with van der Waals surface area (Å²) in [6.45, 7) is 16.6. The molecular formula is C30H45N3O7. The molecule has 1 aromatic carbocycles. The third-order valence-electron chi connectivity index (χ3n) is 5.54. The zero-order chi connectivity index (χ0) is 30.3. The number of carbonyl (C=O) groups excluding carboxylic acids is 4. The smallest absolute Gasteiger partial charge is 0.408 e. The summed E-state index contributed by atoms with van der Waals surface area (Å²) in [7, 11) is 1.24. The molecule has 3 N–H and O–H groups in total. The molecule has 0 bridgehead atoms. The zero-order valence-corrected chi connectivity index (χ0v) is 24.6. The molecule has 0 aliphatic carbocycles. The van der Waals surface area contributed by atoms with Crippen LogP contribution < -0.4 is 20.7 Å². The summed E-state index contributed by atoms with van der Waals surface area (Å²) in [5, 5.41) is 8.08. The minimum atomic E-state index is -1.05. The quantitative estimate of drug-likeness (QED) is 0.207. The maximum Gasteiger partial charge on any atom is 0.408 e. The van der Waals surface area contributed by atoms with E-state index in [0.29, 0.717) is 31.6 Å². The lowest BCUT2D eigenvalue weighted by Crippen LogP contribution is -2.56. The van der Waals surface area contributed by atoms with Crippen LogP contribution in [0.15, 0.2) is 49.6 Å². The second-order valence-corrected chi connectivity index (χ2v) is 10.8. The van der Waals surface area contributed by atoms with Gasteiger partial charge in [-0.2, -0.15) is 0 Å². The molecule has 3 amide bonds. The van der Waals surface area contributed by atoms with Crippen molar-refractivity contribution in [2.45, 2.75) is 84.0 Å². The number of rotatable bonds is 16. The summed E-state index contributed by atoms with van der Waals surface area (Å²) in [5.74, 6) is -1.01. The second-order valence-electron chi connectivity index (χ2n) is 10.8. The number of esters is 1. The zero-order valence-electron chi connectivity index (χ0n) is 24.6. The molecule has 1 rings (SSSR count). The molecule has 0 heterocycles. The highest BCUT2D eigenvalue weighted by Gasteiger charge is 2.31. The molecule has 0 aromatic heterocycles. The van der Waals surface area contributed by atoms with Gasteiger partial charge in [-0.3, -0.25) is 9.59 Å². The van der Waals surface area contributed by atoms with Gasteiger partial charge in [-0.1, -0.05) is 44.7 Å². The molecule has 0 fully saturated rings. The molecule has 1 aromatic rings. The molecule has 222 valence electrons. The lowest BCUT2D eigenvalue weighted by molar-refractivity contribution is -0.145. The Bertz CT molecular complexity index is 1000. The van der Waals surface area contributed by atoms with Crippen LogP contribution >= 0.6 is 0 Å². The van der Waals surface area contributed by atoms with Crippen molar-refractivity contribution >= 4 is 23.9 Å². The molecule has 10 heteroatoms. The van der Waals surface area contributed by atoms with Crippen LogP contribution in [0.5, 0.6) is 5.75 Å². The first-order valence-electron chi connectivity index (χ1n) is 13.4. The van der Waals surface area contributed by atoms with Gasteiger partial charge in [0.15, 0.2) is 0 Å². The Kier molecular flexibility index (Phi) is 14.5. The lowest BCUT2D eigenvalue weighted by Gasteiger charge is -2.27. The van der Waals surface area contributed by atoms with Crippen LogP contribution in [0.2, 0.25) is 0 Å². The molecule has 0 saturated carbocycles. The lowest BCUT2D eigenvalue weighted by atomic mass is 10.0. The van der Waals surface area contributed by atoms with Crippen LogP contribution in [0, 0.1) is 5.92 Å². The van der Waals surface area contributed by atoms with E-state index in [0.717, 1.165) is 5.56 Å².